The van der Waals surface area contributed by atoms with Crippen LogP contribution in [-0.4, -0.2) is 32.3 Å². The fraction of sp³-hybridized carbons (Fsp3) is 0.188. The number of aryl methyl sites for hydroxylation is 1. The molecule has 1 amide bonds. The van der Waals surface area contributed by atoms with Gasteiger partial charge in [0, 0.05) is 25.2 Å². The number of amides is 1. The summed E-state index contributed by atoms with van der Waals surface area (Å²) in [6.45, 7) is 1.85. The van der Waals surface area contributed by atoms with E-state index in [2.05, 4.69) is 10.0 Å². The molecule has 2 rings (SSSR count). The predicted molar refractivity (Wildman–Crippen MR) is 96.8 cm³/mol. The number of hydrogen-bond donors (Lipinski definition) is 2. The molecule has 0 unspecified atom stereocenters. The standard InChI is InChI=1S/C16H16ClN3O5S/c1-11-2-5-13(6-3-11)26(24,25)19-9-8-18-16(21)14-7-4-12(20(22)23)10-15(14)17/h2-7,10,19H,8-9H2,1H3,(H,18,21). The Morgan fingerprint density at radius 3 is 2.38 bits per heavy atom. The van der Waals surface area contributed by atoms with E-state index in [0.29, 0.717) is 0 Å². The number of carbonyl (C=O) groups excluding carboxylic acids is 1. The van der Waals surface area contributed by atoms with Gasteiger partial charge in [0.05, 0.1) is 20.4 Å². The first-order chi connectivity index (χ1) is 12.2. The van der Waals surface area contributed by atoms with E-state index in [0.717, 1.165) is 11.6 Å². The van der Waals surface area contributed by atoms with Gasteiger partial charge in [-0.15, -0.1) is 0 Å². The molecular weight excluding hydrogens is 382 g/mol. The van der Waals surface area contributed by atoms with Gasteiger partial charge in [0.2, 0.25) is 10.0 Å². The highest BCUT2D eigenvalue weighted by molar-refractivity contribution is 7.89. The Balaban J connectivity index is 1.90. The van der Waals surface area contributed by atoms with E-state index in [-0.39, 0.29) is 34.3 Å². The second-order valence-electron chi connectivity index (χ2n) is 5.39. The van der Waals surface area contributed by atoms with Gasteiger partial charge >= 0.3 is 0 Å². The number of halogens is 1. The Hall–Kier alpha value is -2.49. The average Bonchev–Trinajstić information content (AvgIpc) is 2.58. The first-order valence-electron chi connectivity index (χ1n) is 7.49. The molecule has 0 aliphatic rings. The Kier molecular flexibility index (Phi) is 6.30. The number of sulfonamides is 1. The van der Waals surface area contributed by atoms with E-state index < -0.39 is 20.9 Å². The third-order valence-corrected chi connectivity index (χ3v) is 5.23. The minimum atomic E-state index is -3.67. The van der Waals surface area contributed by atoms with Crippen molar-refractivity contribution in [3.05, 3.63) is 68.7 Å². The van der Waals surface area contributed by atoms with E-state index in [1.165, 1.54) is 24.3 Å². The zero-order valence-corrected chi connectivity index (χ0v) is 15.3. The van der Waals surface area contributed by atoms with Crippen molar-refractivity contribution >= 4 is 33.2 Å². The monoisotopic (exact) mass is 397 g/mol. The smallest absolute Gasteiger partial charge is 0.270 e. The maximum absolute atomic E-state index is 12.1. The summed E-state index contributed by atoms with van der Waals surface area (Å²) in [7, 11) is -3.67. The summed E-state index contributed by atoms with van der Waals surface area (Å²) in [6, 6.07) is 9.85. The number of nitrogens with one attached hydrogen (secondary N) is 2. The van der Waals surface area contributed by atoms with Gasteiger partial charge in [0.1, 0.15) is 0 Å². The van der Waals surface area contributed by atoms with Gasteiger partial charge < -0.3 is 5.32 Å². The highest BCUT2D eigenvalue weighted by Gasteiger charge is 2.16. The zero-order valence-electron chi connectivity index (χ0n) is 13.7. The normalized spacial score (nSPS) is 11.2. The number of nitrogens with zero attached hydrogens (tertiary/aromatic N) is 1. The van der Waals surface area contributed by atoms with Crippen molar-refractivity contribution in [2.45, 2.75) is 11.8 Å². The minimum absolute atomic E-state index is 0.0213. The fourth-order valence-corrected chi connectivity index (χ4v) is 3.35. The number of carbonyl (C=O) groups is 1. The number of nitro benzene ring substituents is 1. The fourth-order valence-electron chi connectivity index (χ4n) is 2.06. The summed E-state index contributed by atoms with van der Waals surface area (Å²) in [5, 5.41) is 13.1. The molecule has 2 aromatic carbocycles. The largest absolute Gasteiger partial charge is 0.351 e. The third-order valence-electron chi connectivity index (χ3n) is 3.44. The van der Waals surface area contributed by atoms with E-state index >= 15 is 0 Å². The quantitative estimate of drug-likeness (QED) is 0.422. The molecule has 8 nitrogen and oxygen atoms in total. The number of benzene rings is 2. The summed E-state index contributed by atoms with van der Waals surface area (Å²) >= 11 is 5.87. The lowest BCUT2D eigenvalue weighted by atomic mass is 10.2. The van der Waals surface area contributed by atoms with Crippen LogP contribution in [0.5, 0.6) is 0 Å². The summed E-state index contributed by atoms with van der Waals surface area (Å²) < 4.78 is 26.6. The molecule has 0 saturated carbocycles. The molecule has 138 valence electrons. The van der Waals surface area contributed by atoms with Crippen molar-refractivity contribution in [1.29, 1.82) is 0 Å². The van der Waals surface area contributed by atoms with Crippen LogP contribution in [0.4, 0.5) is 5.69 Å². The summed E-state index contributed by atoms with van der Waals surface area (Å²) in [5.41, 5.74) is 0.784. The van der Waals surface area contributed by atoms with Gasteiger partial charge in [-0.1, -0.05) is 29.3 Å². The number of nitro groups is 1. The lowest BCUT2D eigenvalue weighted by Gasteiger charge is -2.09. The molecule has 0 bridgehead atoms. The molecule has 0 aromatic heterocycles. The van der Waals surface area contributed by atoms with Crippen molar-refractivity contribution in [1.82, 2.24) is 10.0 Å². The van der Waals surface area contributed by atoms with Gasteiger partial charge in [0.15, 0.2) is 0 Å². The average molecular weight is 398 g/mol. The second kappa shape index (κ2) is 8.26. The van der Waals surface area contributed by atoms with Gasteiger partial charge in [-0.3, -0.25) is 14.9 Å². The Morgan fingerprint density at radius 1 is 1.15 bits per heavy atom. The van der Waals surface area contributed by atoms with Crippen molar-refractivity contribution in [3.8, 4) is 0 Å². The molecule has 10 heteroatoms. The van der Waals surface area contributed by atoms with Crippen LogP contribution in [-0.2, 0) is 10.0 Å². The molecule has 0 aliphatic carbocycles. The van der Waals surface area contributed by atoms with Crippen LogP contribution in [0.1, 0.15) is 15.9 Å². The van der Waals surface area contributed by atoms with Gasteiger partial charge in [-0.2, -0.15) is 0 Å². The first-order valence-corrected chi connectivity index (χ1v) is 9.35. The van der Waals surface area contributed by atoms with Crippen LogP contribution in [0, 0.1) is 17.0 Å². The molecule has 0 radical (unpaired) electrons. The van der Waals surface area contributed by atoms with Crippen LogP contribution >= 0.6 is 11.6 Å². The maximum atomic E-state index is 12.1. The van der Waals surface area contributed by atoms with E-state index in [1.807, 2.05) is 6.92 Å². The number of non-ortho nitro benzene ring substituents is 1. The summed E-state index contributed by atoms with van der Waals surface area (Å²) in [6.07, 6.45) is 0. The van der Waals surface area contributed by atoms with Crippen LogP contribution in [0.3, 0.4) is 0 Å². The molecule has 26 heavy (non-hydrogen) atoms. The Labute approximate surface area is 155 Å². The highest BCUT2D eigenvalue weighted by Crippen LogP contribution is 2.22. The predicted octanol–water partition coefficient (Wildman–Crippen LogP) is 2.26. The third kappa shape index (κ3) is 5.01. The minimum Gasteiger partial charge on any atom is -0.351 e. The Morgan fingerprint density at radius 2 is 1.81 bits per heavy atom. The molecule has 0 atom stereocenters. The molecule has 0 aliphatic heterocycles. The zero-order chi connectivity index (χ0) is 19.3. The van der Waals surface area contributed by atoms with Crippen LogP contribution < -0.4 is 10.0 Å². The molecule has 0 fully saturated rings. The SMILES string of the molecule is Cc1ccc(S(=O)(=O)NCCNC(=O)c2ccc([N+](=O)[O-])cc2Cl)cc1. The van der Waals surface area contributed by atoms with E-state index in [1.54, 1.807) is 12.1 Å². The summed E-state index contributed by atoms with van der Waals surface area (Å²) in [4.78, 5) is 22.2. The summed E-state index contributed by atoms with van der Waals surface area (Å²) in [5.74, 6) is -0.556. The highest BCUT2D eigenvalue weighted by atomic mass is 35.5. The number of hydrogen-bond acceptors (Lipinski definition) is 5. The van der Waals surface area contributed by atoms with Crippen molar-refractivity contribution in [3.63, 3.8) is 0 Å². The second-order valence-corrected chi connectivity index (χ2v) is 7.56. The Bertz CT molecular complexity index is 929. The lowest BCUT2D eigenvalue weighted by molar-refractivity contribution is -0.384. The van der Waals surface area contributed by atoms with Gasteiger partial charge in [-0.05, 0) is 25.1 Å². The van der Waals surface area contributed by atoms with Gasteiger partial charge in [-0.25, -0.2) is 13.1 Å². The van der Waals surface area contributed by atoms with Crippen molar-refractivity contribution in [2.75, 3.05) is 13.1 Å². The first kappa shape index (κ1) is 19.8. The molecule has 0 saturated heterocycles. The molecule has 2 N–H and O–H groups in total. The lowest BCUT2D eigenvalue weighted by Crippen LogP contribution is -2.34. The molecule has 2 aromatic rings. The topological polar surface area (TPSA) is 118 Å². The van der Waals surface area contributed by atoms with Crippen molar-refractivity contribution < 1.29 is 18.1 Å². The van der Waals surface area contributed by atoms with Crippen LogP contribution in [0.15, 0.2) is 47.4 Å². The van der Waals surface area contributed by atoms with E-state index in [4.69, 9.17) is 11.6 Å². The number of rotatable bonds is 7. The molecule has 0 spiro atoms. The molecule has 0 heterocycles. The van der Waals surface area contributed by atoms with E-state index in [9.17, 15) is 23.3 Å². The van der Waals surface area contributed by atoms with Gasteiger partial charge in [0.25, 0.3) is 11.6 Å². The molecular formula is C16H16ClN3O5S. The van der Waals surface area contributed by atoms with Crippen LogP contribution in [0.25, 0.3) is 0 Å². The van der Waals surface area contributed by atoms with Crippen molar-refractivity contribution in [2.24, 2.45) is 0 Å². The van der Waals surface area contributed by atoms with Crippen LogP contribution in [0.2, 0.25) is 5.02 Å². The maximum Gasteiger partial charge on any atom is 0.270 e.